The van der Waals surface area contributed by atoms with Gasteiger partial charge in [-0.05, 0) is 35.4 Å². The number of benzene rings is 2. The minimum atomic E-state index is -0.830. The summed E-state index contributed by atoms with van der Waals surface area (Å²) in [5.41, 5.74) is 2.81. The van der Waals surface area contributed by atoms with Gasteiger partial charge in [0, 0.05) is 31.4 Å². The second kappa shape index (κ2) is 7.99. The minimum absolute atomic E-state index is 0.0252. The molecule has 0 aliphatic carbocycles. The molecule has 1 amide bonds. The normalized spacial score (nSPS) is 11.8. The maximum Gasteiger partial charge on any atom is 0.223 e. The van der Waals surface area contributed by atoms with E-state index in [-0.39, 0.29) is 12.3 Å². The van der Waals surface area contributed by atoms with Crippen molar-refractivity contribution < 1.29 is 9.90 Å². The zero-order valence-electron chi connectivity index (χ0n) is 13.3. The molecule has 5 heteroatoms. The average Bonchev–Trinajstić information content (AvgIpc) is 2.54. The van der Waals surface area contributed by atoms with E-state index in [2.05, 4.69) is 5.32 Å². The first-order chi connectivity index (χ1) is 11.0. The van der Waals surface area contributed by atoms with Gasteiger partial charge in [-0.25, -0.2) is 0 Å². The van der Waals surface area contributed by atoms with Gasteiger partial charge in [0.2, 0.25) is 5.91 Å². The number of rotatable bonds is 6. The molecule has 0 heterocycles. The predicted octanol–water partition coefficient (Wildman–Crippen LogP) is 3.15. The van der Waals surface area contributed by atoms with Crippen LogP contribution in [0.2, 0.25) is 5.02 Å². The average molecular weight is 333 g/mol. The summed E-state index contributed by atoms with van der Waals surface area (Å²) in [6, 6.07) is 14.8. The summed E-state index contributed by atoms with van der Waals surface area (Å²) in [5.74, 6) is -0.191. The van der Waals surface area contributed by atoms with E-state index in [0.29, 0.717) is 17.1 Å². The van der Waals surface area contributed by atoms with Gasteiger partial charge in [-0.3, -0.25) is 4.79 Å². The van der Waals surface area contributed by atoms with Crippen molar-refractivity contribution in [2.75, 3.05) is 19.0 Å². The van der Waals surface area contributed by atoms with Gasteiger partial charge in [0.15, 0.2) is 0 Å². The van der Waals surface area contributed by atoms with Gasteiger partial charge in [-0.2, -0.15) is 0 Å². The van der Waals surface area contributed by atoms with Gasteiger partial charge < -0.3 is 15.3 Å². The first-order valence-corrected chi connectivity index (χ1v) is 7.80. The highest BCUT2D eigenvalue weighted by Gasteiger charge is 2.12. The number of carbonyl (C=O) groups is 1. The summed E-state index contributed by atoms with van der Waals surface area (Å²) < 4.78 is 0. The van der Waals surface area contributed by atoms with Crippen molar-refractivity contribution in [1.82, 2.24) is 5.32 Å². The number of carbonyl (C=O) groups excluding carboxylic acids is 1. The molecule has 0 saturated heterocycles. The number of amides is 1. The number of hydrogen-bond donors (Lipinski definition) is 2. The molecule has 0 aromatic heterocycles. The van der Waals surface area contributed by atoms with Crippen molar-refractivity contribution in [3.63, 3.8) is 0 Å². The van der Waals surface area contributed by atoms with E-state index in [1.165, 1.54) is 0 Å². The number of nitrogens with zero attached hydrogens (tertiary/aromatic N) is 1. The molecule has 4 nitrogen and oxygen atoms in total. The molecule has 1 unspecified atom stereocenters. The highest BCUT2D eigenvalue weighted by atomic mass is 35.5. The highest BCUT2D eigenvalue weighted by molar-refractivity contribution is 6.30. The molecule has 122 valence electrons. The number of aliphatic hydroxyl groups is 1. The Morgan fingerprint density at radius 2 is 1.74 bits per heavy atom. The Labute approximate surface area is 141 Å². The fourth-order valence-corrected chi connectivity index (χ4v) is 2.29. The van der Waals surface area contributed by atoms with E-state index in [1.807, 2.05) is 43.3 Å². The maximum absolute atomic E-state index is 11.9. The third-order valence-electron chi connectivity index (χ3n) is 3.58. The van der Waals surface area contributed by atoms with Crippen LogP contribution >= 0.6 is 11.6 Å². The summed E-state index contributed by atoms with van der Waals surface area (Å²) in [7, 11) is 3.96. The fourth-order valence-electron chi connectivity index (χ4n) is 2.16. The molecule has 2 aromatic rings. The van der Waals surface area contributed by atoms with Crippen molar-refractivity contribution in [3.8, 4) is 0 Å². The molecular formula is C18H21ClN2O2. The Hall–Kier alpha value is -2.04. The lowest BCUT2D eigenvalue weighted by molar-refractivity contribution is -0.123. The molecule has 0 radical (unpaired) electrons. The van der Waals surface area contributed by atoms with Crippen LogP contribution in [0.1, 0.15) is 23.7 Å². The van der Waals surface area contributed by atoms with E-state index in [1.54, 1.807) is 24.3 Å². The van der Waals surface area contributed by atoms with E-state index in [4.69, 9.17) is 11.6 Å². The zero-order valence-corrected chi connectivity index (χ0v) is 14.0. The van der Waals surface area contributed by atoms with Gasteiger partial charge in [0.1, 0.15) is 0 Å². The lowest BCUT2D eigenvalue weighted by Gasteiger charge is -2.14. The van der Waals surface area contributed by atoms with Crippen LogP contribution in [0, 0.1) is 0 Å². The Balaban J connectivity index is 1.83. The molecular weight excluding hydrogens is 312 g/mol. The summed E-state index contributed by atoms with van der Waals surface area (Å²) in [5, 5.41) is 13.5. The molecule has 0 aliphatic rings. The standard InChI is InChI=1S/C18H21ClN2O2/c1-21(2)16-9-3-13(4-10-16)12-20-18(23)11-17(22)14-5-7-15(19)8-6-14/h3-10,17,22H,11-12H2,1-2H3,(H,20,23). The highest BCUT2D eigenvalue weighted by Crippen LogP contribution is 2.19. The number of hydrogen-bond acceptors (Lipinski definition) is 3. The van der Waals surface area contributed by atoms with E-state index in [9.17, 15) is 9.90 Å². The molecule has 2 aromatic carbocycles. The van der Waals surface area contributed by atoms with Crippen molar-refractivity contribution in [2.24, 2.45) is 0 Å². The van der Waals surface area contributed by atoms with Crippen LogP contribution in [-0.4, -0.2) is 25.1 Å². The number of nitrogens with one attached hydrogen (secondary N) is 1. The van der Waals surface area contributed by atoms with E-state index >= 15 is 0 Å². The molecule has 0 saturated carbocycles. The Kier molecular flexibility index (Phi) is 6.02. The van der Waals surface area contributed by atoms with Crippen LogP contribution in [0.3, 0.4) is 0 Å². The van der Waals surface area contributed by atoms with Crippen LogP contribution in [0.4, 0.5) is 5.69 Å². The molecule has 1 atom stereocenters. The topological polar surface area (TPSA) is 52.6 Å². The smallest absolute Gasteiger partial charge is 0.223 e. The van der Waals surface area contributed by atoms with Gasteiger partial charge in [-0.15, -0.1) is 0 Å². The fraction of sp³-hybridized carbons (Fsp3) is 0.278. The van der Waals surface area contributed by atoms with Crippen LogP contribution < -0.4 is 10.2 Å². The van der Waals surface area contributed by atoms with Crippen molar-refractivity contribution in [1.29, 1.82) is 0 Å². The Bertz CT molecular complexity index is 639. The van der Waals surface area contributed by atoms with Gasteiger partial charge in [-0.1, -0.05) is 35.9 Å². The summed E-state index contributed by atoms with van der Waals surface area (Å²) in [4.78, 5) is 14.0. The molecule has 2 rings (SSSR count). The first-order valence-electron chi connectivity index (χ1n) is 7.42. The molecule has 2 N–H and O–H groups in total. The van der Waals surface area contributed by atoms with Crippen molar-refractivity contribution >= 4 is 23.2 Å². The van der Waals surface area contributed by atoms with Crippen LogP contribution in [-0.2, 0) is 11.3 Å². The third-order valence-corrected chi connectivity index (χ3v) is 3.83. The minimum Gasteiger partial charge on any atom is -0.388 e. The number of aliphatic hydroxyl groups excluding tert-OH is 1. The second-order valence-corrected chi connectivity index (χ2v) is 6.05. The molecule has 23 heavy (non-hydrogen) atoms. The van der Waals surface area contributed by atoms with Crippen LogP contribution in [0.5, 0.6) is 0 Å². The molecule has 0 bridgehead atoms. The number of anilines is 1. The second-order valence-electron chi connectivity index (χ2n) is 5.61. The van der Waals surface area contributed by atoms with Crippen LogP contribution in [0.15, 0.2) is 48.5 Å². The van der Waals surface area contributed by atoms with E-state index < -0.39 is 6.10 Å². The van der Waals surface area contributed by atoms with Crippen molar-refractivity contribution in [3.05, 3.63) is 64.7 Å². The summed E-state index contributed by atoms with van der Waals surface area (Å²) >= 11 is 5.81. The van der Waals surface area contributed by atoms with Gasteiger partial charge in [0.25, 0.3) is 0 Å². The first kappa shape index (κ1) is 17.3. The largest absolute Gasteiger partial charge is 0.388 e. The summed E-state index contributed by atoms with van der Waals surface area (Å²) in [6.07, 6.45) is -0.805. The molecule has 0 fully saturated rings. The Morgan fingerprint density at radius 3 is 2.30 bits per heavy atom. The monoisotopic (exact) mass is 332 g/mol. The SMILES string of the molecule is CN(C)c1ccc(CNC(=O)CC(O)c2ccc(Cl)cc2)cc1. The third kappa shape index (κ3) is 5.27. The van der Waals surface area contributed by atoms with Gasteiger partial charge in [0.05, 0.1) is 12.5 Å². The lowest BCUT2D eigenvalue weighted by atomic mass is 10.1. The van der Waals surface area contributed by atoms with Crippen molar-refractivity contribution in [2.45, 2.75) is 19.1 Å². The van der Waals surface area contributed by atoms with E-state index in [0.717, 1.165) is 11.3 Å². The zero-order chi connectivity index (χ0) is 16.8. The molecule has 0 spiro atoms. The summed E-state index contributed by atoms with van der Waals surface area (Å²) in [6.45, 7) is 0.444. The maximum atomic E-state index is 11.9. The van der Waals surface area contributed by atoms with Crippen LogP contribution in [0.25, 0.3) is 0 Å². The predicted molar refractivity (Wildman–Crippen MR) is 93.6 cm³/mol. The number of halogens is 1. The lowest BCUT2D eigenvalue weighted by Crippen LogP contribution is -2.24. The Morgan fingerprint density at radius 1 is 1.13 bits per heavy atom. The molecule has 0 aliphatic heterocycles. The van der Waals surface area contributed by atoms with Gasteiger partial charge >= 0.3 is 0 Å². The quantitative estimate of drug-likeness (QED) is 0.854.